The Morgan fingerprint density at radius 2 is 1.24 bits per heavy atom. The van der Waals surface area contributed by atoms with Crippen molar-refractivity contribution in [3.05, 3.63) is 83.1 Å². The van der Waals surface area contributed by atoms with Crippen LogP contribution in [0, 0.1) is 28.6 Å². The second-order valence-corrected chi connectivity index (χ2v) is 21.5. The molecule has 1 aliphatic rings. The monoisotopic (exact) mass is 485 g/mol. The molecule has 0 aromatic heterocycles. The average Bonchev–Trinajstić information content (AvgIpc) is 3.04. The van der Waals surface area contributed by atoms with E-state index in [1.54, 1.807) is 0 Å². The average molecular weight is 486 g/mol. The van der Waals surface area contributed by atoms with Gasteiger partial charge in [-0.3, -0.25) is 0 Å². The predicted molar refractivity (Wildman–Crippen MR) is 147 cm³/mol. The van der Waals surface area contributed by atoms with Crippen LogP contribution in [0.4, 0.5) is 0 Å². The highest BCUT2D eigenvalue weighted by Gasteiger charge is 2.66. The molecule has 1 unspecified atom stereocenters. The molecule has 178 valence electrons. The minimum Gasteiger partial charge on any atom is -0.426 e. The molecule has 0 radical (unpaired) electrons. The summed E-state index contributed by atoms with van der Waals surface area (Å²) in [5.41, 5.74) is 3.01. The summed E-state index contributed by atoms with van der Waals surface area (Å²) in [6.07, 6.45) is 1.54. The molecule has 2 aromatic rings. The number of nitriles is 2. The van der Waals surface area contributed by atoms with Crippen molar-refractivity contribution in [2.45, 2.75) is 76.8 Å². The van der Waals surface area contributed by atoms with E-state index in [1.807, 2.05) is 12.1 Å². The van der Waals surface area contributed by atoms with Crippen molar-refractivity contribution in [2.75, 3.05) is 0 Å². The van der Waals surface area contributed by atoms with E-state index in [4.69, 9.17) is 0 Å². The van der Waals surface area contributed by atoms with Gasteiger partial charge in [0.15, 0.2) is 0 Å². The third-order valence-corrected chi connectivity index (χ3v) is 14.9. The molecule has 0 saturated heterocycles. The van der Waals surface area contributed by atoms with E-state index in [0.29, 0.717) is 0 Å². The lowest BCUT2D eigenvalue weighted by Crippen LogP contribution is -2.59. The summed E-state index contributed by atoms with van der Waals surface area (Å²) < 4.78 is 2.63. The first-order valence-electron chi connectivity index (χ1n) is 12.4. The maximum absolute atomic E-state index is 10.9. The maximum atomic E-state index is 10.9. The summed E-state index contributed by atoms with van der Waals surface area (Å²) in [6.45, 7) is 18.5. The van der Waals surface area contributed by atoms with Gasteiger partial charge < -0.3 is 4.23 Å². The third-order valence-electron chi connectivity index (χ3n) is 7.68. The summed E-state index contributed by atoms with van der Waals surface area (Å²) in [6, 6.07) is 26.6. The molecule has 0 amide bonds. The van der Waals surface area contributed by atoms with Crippen LogP contribution < -0.4 is 0 Å². The van der Waals surface area contributed by atoms with Gasteiger partial charge in [0, 0.05) is 16.5 Å². The van der Waals surface area contributed by atoms with E-state index in [9.17, 15) is 10.5 Å². The molecule has 0 saturated carbocycles. The molecule has 2 aromatic carbocycles. The molecular weight excluding hydrogens is 447 g/mol. The molecule has 0 N–H and O–H groups in total. The standard InChI is InChI=1S/C29H39N3Si2/c1-9-28(23-17-13-11-14-18-23)25(21-30)27(32(33(3,4)5)34(6,7)8)26(22-31)29(28,10-2)24-19-15-12-16-20-24/h11-20,25H,9-10H2,1-8H3/t25?,28-,29-/m1/s1. The first-order valence-corrected chi connectivity index (χ1v) is 19.3. The van der Waals surface area contributed by atoms with Gasteiger partial charge in [0.2, 0.25) is 0 Å². The van der Waals surface area contributed by atoms with Crippen LogP contribution in [0.1, 0.15) is 37.8 Å². The molecule has 34 heavy (non-hydrogen) atoms. The molecular formula is C29H39N3Si2. The van der Waals surface area contributed by atoms with Gasteiger partial charge in [-0.05, 0) is 24.0 Å². The molecule has 0 aliphatic heterocycles. The van der Waals surface area contributed by atoms with E-state index in [-0.39, 0.29) is 0 Å². The van der Waals surface area contributed by atoms with E-state index in [1.165, 1.54) is 0 Å². The summed E-state index contributed by atoms with van der Waals surface area (Å²) in [5, 5.41) is 21.9. The maximum Gasteiger partial charge on any atom is 0.138 e. The van der Waals surface area contributed by atoms with E-state index in [2.05, 4.69) is 118 Å². The molecule has 0 fully saturated rings. The van der Waals surface area contributed by atoms with Crippen molar-refractivity contribution in [1.29, 1.82) is 10.5 Å². The lowest BCUT2D eigenvalue weighted by molar-refractivity contribution is 0.220. The Bertz CT molecular complexity index is 1120. The molecule has 3 atom stereocenters. The fraction of sp³-hybridized carbons (Fsp3) is 0.448. The van der Waals surface area contributed by atoms with Gasteiger partial charge in [0.25, 0.3) is 0 Å². The van der Waals surface area contributed by atoms with Crippen LogP contribution in [0.15, 0.2) is 71.9 Å². The van der Waals surface area contributed by atoms with Gasteiger partial charge in [-0.1, -0.05) is 114 Å². The number of hydrogen-bond acceptors (Lipinski definition) is 3. The smallest absolute Gasteiger partial charge is 0.138 e. The van der Waals surface area contributed by atoms with Gasteiger partial charge in [-0.15, -0.1) is 0 Å². The fourth-order valence-corrected chi connectivity index (χ4v) is 17.0. The summed E-state index contributed by atoms with van der Waals surface area (Å²) >= 11 is 0. The number of nitrogens with zero attached hydrogens (tertiary/aromatic N) is 3. The molecule has 0 bridgehead atoms. The largest absolute Gasteiger partial charge is 0.426 e. The first-order chi connectivity index (χ1) is 16.0. The van der Waals surface area contributed by atoms with Crippen molar-refractivity contribution in [3.63, 3.8) is 0 Å². The Labute approximate surface area is 208 Å². The van der Waals surface area contributed by atoms with Crippen molar-refractivity contribution < 1.29 is 0 Å². The Hall–Kier alpha value is -2.61. The Balaban J connectivity index is 2.61. The Morgan fingerprint density at radius 1 is 0.765 bits per heavy atom. The number of hydrogen-bond donors (Lipinski definition) is 0. The van der Waals surface area contributed by atoms with E-state index in [0.717, 1.165) is 35.2 Å². The van der Waals surface area contributed by atoms with Crippen molar-refractivity contribution in [3.8, 4) is 12.1 Å². The van der Waals surface area contributed by atoms with Crippen LogP contribution in [0.2, 0.25) is 39.3 Å². The van der Waals surface area contributed by atoms with Crippen LogP contribution in [0.25, 0.3) is 0 Å². The molecule has 1 aliphatic carbocycles. The number of benzene rings is 2. The van der Waals surface area contributed by atoms with Crippen LogP contribution in [-0.2, 0) is 10.8 Å². The lowest BCUT2D eigenvalue weighted by atomic mass is 9.52. The van der Waals surface area contributed by atoms with Gasteiger partial charge >= 0.3 is 0 Å². The van der Waals surface area contributed by atoms with Gasteiger partial charge in [-0.25, -0.2) is 0 Å². The van der Waals surface area contributed by atoms with Gasteiger partial charge in [0.05, 0.1) is 23.6 Å². The minimum atomic E-state index is -1.92. The SMILES string of the molecule is CC[C@@]1(c2ccccc2)C(C#N)=C(N([Si](C)(C)C)[Si](C)(C)C)C(C#N)[C@@]1(CC)c1ccccc1. The Morgan fingerprint density at radius 3 is 1.59 bits per heavy atom. The molecule has 3 nitrogen and oxygen atoms in total. The third kappa shape index (κ3) is 3.67. The van der Waals surface area contributed by atoms with Crippen molar-refractivity contribution in [1.82, 2.24) is 4.23 Å². The molecule has 5 heteroatoms. The summed E-state index contributed by atoms with van der Waals surface area (Å²) in [7, 11) is -3.84. The number of allylic oxidation sites excluding steroid dienone is 2. The van der Waals surface area contributed by atoms with Crippen LogP contribution in [0.5, 0.6) is 0 Å². The molecule has 0 spiro atoms. The van der Waals surface area contributed by atoms with Crippen molar-refractivity contribution >= 4 is 16.5 Å². The second-order valence-electron chi connectivity index (χ2n) is 11.4. The quantitative estimate of drug-likeness (QED) is 0.380. The zero-order chi connectivity index (χ0) is 25.4. The Kier molecular flexibility index (Phi) is 7.05. The summed E-state index contributed by atoms with van der Waals surface area (Å²) in [4.78, 5) is 0. The van der Waals surface area contributed by atoms with Gasteiger partial charge in [-0.2, -0.15) is 10.5 Å². The second kappa shape index (κ2) is 9.21. The first kappa shape index (κ1) is 26.0. The normalized spacial score (nSPS) is 25.1. The van der Waals surface area contributed by atoms with Crippen LogP contribution in [-0.4, -0.2) is 20.7 Å². The highest BCUT2D eigenvalue weighted by molar-refractivity contribution is 6.90. The zero-order valence-corrected chi connectivity index (χ0v) is 24.1. The highest BCUT2D eigenvalue weighted by atomic mass is 28.4. The zero-order valence-electron chi connectivity index (χ0n) is 22.1. The number of rotatable bonds is 7. The topological polar surface area (TPSA) is 50.8 Å². The molecule has 3 rings (SSSR count). The van der Waals surface area contributed by atoms with Crippen molar-refractivity contribution in [2.24, 2.45) is 5.92 Å². The van der Waals surface area contributed by atoms with E-state index >= 15 is 0 Å². The minimum absolute atomic E-state index is 0.395. The highest BCUT2D eigenvalue weighted by Crippen LogP contribution is 2.65. The van der Waals surface area contributed by atoms with Gasteiger partial charge in [0.1, 0.15) is 16.5 Å². The lowest BCUT2D eigenvalue weighted by Gasteiger charge is -2.50. The van der Waals surface area contributed by atoms with Crippen LogP contribution >= 0.6 is 0 Å². The summed E-state index contributed by atoms with van der Waals surface area (Å²) in [5.74, 6) is -0.395. The van der Waals surface area contributed by atoms with E-state index < -0.39 is 33.2 Å². The predicted octanol–water partition coefficient (Wildman–Crippen LogP) is 7.59. The fourth-order valence-electron chi connectivity index (χ4n) is 7.04. The molecule has 0 heterocycles. The van der Waals surface area contributed by atoms with Crippen LogP contribution in [0.3, 0.4) is 0 Å².